The lowest BCUT2D eigenvalue weighted by Crippen LogP contribution is -2.40. The Kier molecular flexibility index (Phi) is 4.12. The minimum atomic E-state index is -1.03. The lowest BCUT2D eigenvalue weighted by molar-refractivity contribution is -0.141. The van der Waals surface area contributed by atoms with Crippen LogP contribution < -0.4 is 0 Å². The number of amides is 1. The summed E-state index contributed by atoms with van der Waals surface area (Å²) >= 11 is 5.80. The molecule has 0 aromatic heterocycles. The van der Waals surface area contributed by atoms with Gasteiger partial charge in [0, 0.05) is 17.6 Å². The number of nitrogens with zero attached hydrogens (tertiary/aromatic N) is 1. The third-order valence-corrected chi connectivity index (χ3v) is 2.91. The number of aliphatic carboxylic acids is 1. The van der Waals surface area contributed by atoms with Gasteiger partial charge in [-0.3, -0.25) is 4.79 Å². The van der Waals surface area contributed by atoms with E-state index in [1.165, 1.54) is 18.9 Å². The smallest absolute Gasteiger partial charge is 0.326 e. The SMILES string of the molecule is Cc1cc(Cl)ccc1C(=O)N(C)C(C)C(=O)O. The summed E-state index contributed by atoms with van der Waals surface area (Å²) in [6.45, 7) is 3.23. The summed E-state index contributed by atoms with van der Waals surface area (Å²) < 4.78 is 0. The number of carbonyl (C=O) groups excluding carboxylic acids is 1. The molecule has 0 saturated carbocycles. The predicted molar refractivity (Wildman–Crippen MR) is 65.4 cm³/mol. The highest BCUT2D eigenvalue weighted by Gasteiger charge is 2.23. The molecule has 1 atom stereocenters. The van der Waals surface area contributed by atoms with E-state index < -0.39 is 12.0 Å². The average Bonchev–Trinajstić information content (AvgIpc) is 2.26. The van der Waals surface area contributed by atoms with Gasteiger partial charge in [-0.05, 0) is 37.6 Å². The molecule has 0 fully saturated rings. The number of carboxylic acids is 1. The van der Waals surface area contributed by atoms with E-state index in [9.17, 15) is 9.59 Å². The molecule has 0 saturated heterocycles. The Hall–Kier alpha value is -1.55. The highest BCUT2D eigenvalue weighted by atomic mass is 35.5. The van der Waals surface area contributed by atoms with Crippen molar-refractivity contribution in [3.8, 4) is 0 Å². The fourth-order valence-corrected chi connectivity index (χ4v) is 1.63. The molecule has 0 aliphatic rings. The number of hydrogen-bond acceptors (Lipinski definition) is 2. The van der Waals surface area contributed by atoms with E-state index in [1.54, 1.807) is 25.1 Å². The number of rotatable bonds is 3. The summed E-state index contributed by atoms with van der Waals surface area (Å²) in [6, 6.07) is 4.03. The zero-order valence-corrected chi connectivity index (χ0v) is 10.7. The summed E-state index contributed by atoms with van der Waals surface area (Å²) in [4.78, 5) is 24.0. The van der Waals surface area contributed by atoms with Gasteiger partial charge in [-0.2, -0.15) is 0 Å². The lowest BCUT2D eigenvalue weighted by atomic mass is 10.1. The maximum absolute atomic E-state index is 12.0. The third-order valence-electron chi connectivity index (χ3n) is 2.68. The summed E-state index contributed by atoms with van der Waals surface area (Å²) in [5.74, 6) is -1.36. The second-order valence-electron chi connectivity index (χ2n) is 3.89. The van der Waals surface area contributed by atoms with Gasteiger partial charge in [0.15, 0.2) is 0 Å². The molecule has 1 unspecified atom stereocenters. The van der Waals surface area contributed by atoms with Crippen LogP contribution in [0.4, 0.5) is 0 Å². The van der Waals surface area contributed by atoms with Crippen LogP contribution in [0.1, 0.15) is 22.8 Å². The minimum absolute atomic E-state index is 0.325. The molecular formula is C12H14ClNO3. The van der Waals surface area contributed by atoms with Crippen LogP contribution in [0, 0.1) is 6.92 Å². The average molecular weight is 256 g/mol. The molecule has 1 rings (SSSR count). The number of carbonyl (C=O) groups is 2. The fraction of sp³-hybridized carbons (Fsp3) is 0.333. The molecule has 1 aromatic carbocycles. The maximum Gasteiger partial charge on any atom is 0.326 e. The molecule has 5 heteroatoms. The van der Waals surface area contributed by atoms with Crippen LogP contribution in [-0.2, 0) is 4.79 Å². The molecular weight excluding hydrogens is 242 g/mol. The molecule has 17 heavy (non-hydrogen) atoms. The van der Waals surface area contributed by atoms with Crippen LogP contribution in [0.15, 0.2) is 18.2 Å². The van der Waals surface area contributed by atoms with Crippen molar-refractivity contribution < 1.29 is 14.7 Å². The van der Waals surface area contributed by atoms with Crippen molar-refractivity contribution in [3.63, 3.8) is 0 Å². The van der Waals surface area contributed by atoms with Gasteiger partial charge in [-0.15, -0.1) is 0 Å². The number of hydrogen-bond donors (Lipinski definition) is 1. The molecule has 0 aliphatic carbocycles. The normalized spacial score (nSPS) is 12.0. The molecule has 4 nitrogen and oxygen atoms in total. The van der Waals surface area contributed by atoms with Crippen molar-refractivity contribution in [2.45, 2.75) is 19.9 Å². The van der Waals surface area contributed by atoms with Gasteiger partial charge in [-0.1, -0.05) is 11.6 Å². The quantitative estimate of drug-likeness (QED) is 0.901. The van der Waals surface area contributed by atoms with Crippen molar-refractivity contribution in [1.29, 1.82) is 0 Å². The number of likely N-dealkylation sites (N-methyl/N-ethyl adjacent to an activating group) is 1. The molecule has 92 valence electrons. The van der Waals surface area contributed by atoms with Crippen LogP contribution in [-0.4, -0.2) is 35.0 Å². The minimum Gasteiger partial charge on any atom is -0.480 e. The number of halogens is 1. The molecule has 0 aliphatic heterocycles. The van der Waals surface area contributed by atoms with E-state index in [-0.39, 0.29) is 5.91 Å². The van der Waals surface area contributed by atoms with Gasteiger partial charge in [0.2, 0.25) is 0 Å². The van der Waals surface area contributed by atoms with Crippen molar-refractivity contribution in [2.24, 2.45) is 0 Å². The van der Waals surface area contributed by atoms with E-state index in [2.05, 4.69) is 0 Å². The molecule has 0 heterocycles. The van der Waals surface area contributed by atoms with Gasteiger partial charge in [0.1, 0.15) is 6.04 Å². The van der Waals surface area contributed by atoms with E-state index >= 15 is 0 Å². The third kappa shape index (κ3) is 2.97. The predicted octanol–water partition coefficient (Wildman–Crippen LogP) is 2.19. The van der Waals surface area contributed by atoms with Crippen molar-refractivity contribution >= 4 is 23.5 Å². The van der Waals surface area contributed by atoms with E-state index in [0.717, 1.165) is 5.56 Å². The second kappa shape index (κ2) is 5.19. The van der Waals surface area contributed by atoms with Crippen molar-refractivity contribution in [3.05, 3.63) is 34.3 Å². The van der Waals surface area contributed by atoms with Gasteiger partial charge in [-0.25, -0.2) is 4.79 Å². The van der Waals surface area contributed by atoms with Crippen LogP contribution in [0.2, 0.25) is 5.02 Å². The van der Waals surface area contributed by atoms with Crippen LogP contribution >= 0.6 is 11.6 Å². The highest BCUT2D eigenvalue weighted by molar-refractivity contribution is 6.30. The standard InChI is InChI=1S/C12H14ClNO3/c1-7-6-9(13)4-5-10(7)11(15)14(3)8(2)12(16)17/h4-6,8H,1-3H3,(H,16,17). The molecule has 0 bridgehead atoms. The van der Waals surface area contributed by atoms with Gasteiger partial charge >= 0.3 is 5.97 Å². The zero-order chi connectivity index (χ0) is 13.2. The fourth-order valence-electron chi connectivity index (χ4n) is 1.40. The lowest BCUT2D eigenvalue weighted by Gasteiger charge is -2.22. The Labute approximate surface area is 105 Å². The Morgan fingerprint density at radius 3 is 2.47 bits per heavy atom. The molecule has 1 N–H and O–H groups in total. The summed E-state index contributed by atoms with van der Waals surface area (Å²) in [7, 11) is 1.47. The van der Waals surface area contributed by atoms with Crippen molar-refractivity contribution in [2.75, 3.05) is 7.05 Å². The first-order valence-electron chi connectivity index (χ1n) is 5.10. The first kappa shape index (κ1) is 13.5. The molecule has 1 amide bonds. The Bertz CT molecular complexity index is 459. The largest absolute Gasteiger partial charge is 0.480 e. The monoisotopic (exact) mass is 255 g/mol. The van der Waals surface area contributed by atoms with Crippen molar-refractivity contribution in [1.82, 2.24) is 4.90 Å². The van der Waals surface area contributed by atoms with E-state index in [0.29, 0.717) is 10.6 Å². The number of benzene rings is 1. The zero-order valence-electron chi connectivity index (χ0n) is 9.90. The van der Waals surface area contributed by atoms with Crippen LogP contribution in [0.3, 0.4) is 0 Å². The Balaban J connectivity index is 3.00. The highest BCUT2D eigenvalue weighted by Crippen LogP contribution is 2.17. The Morgan fingerprint density at radius 2 is 2.00 bits per heavy atom. The molecule has 1 aromatic rings. The first-order chi connectivity index (χ1) is 7.84. The second-order valence-corrected chi connectivity index (χ2v) is 4.33. The van der Waals surface area contributed by atoms with E-state index in [1.807, 2.05) is 0 Å². The van der Waals surface area contributed by atoms with Crippen LogP contribution in [0.25, 0.3) is 0 Å². The number of carboxylic acid groups (broad SMARTS) is 1. The molecule has 0 radical (unpaired) electrons. The summed E-state index contributed by atoms with van der Waals surface area (Å²) in [5.41, 5.74) is 1.19. The van der Waals surface area contributed by atoms with Gasteiger partial charge < -0.3 is 10.0 Å². The van der Waals surface area contributed by atoms with Gasteiger partial charge in [0.05, 0.1) is 0 Å². The van der Waals surface area contributed by atoms with E-state index in [4.69, 9.17) is 16.7 Å². The summed E-state index contributed by atoms with van der Waals surface area (Å²) in [6.07, 6.45) is 0. The number of aryl methyl sites for hydroxylation is 1. The maximum atomic E-state index is 12.0. The van der Waals surface area contributed by atoms with Gasteiger partial charge in [0.25, 0.3) is 5.91 Å². The topological polar surface area (TPSA) is 57.6 Å². The molecule has 0 spiro atoms. The first-order valence-corrected chi connectivity index (χ1v) is 5.48. The Morgan fingerprint density at radius 1 is 1.41 bits per heavy atom. The van der Waals surface area contributed by atoms with Crippen LogP contribution in [0.5, 0.6) is 0 Å². The summed E-state index contributed by atoms with van der Waals surface area (Å²) in [5, 5.41) is 9.40.